The molecule has 1 aromatic carbocycles. The van der Waals surface area contributed by atoms with E-state index in [9.17, 15) is 0 Å². The number of rotatable bonds is 3. The number of aromatic nitrogens is 4. The molecule has 6 rings (SSSR count). The molecule has 2 fully saturated rings. The first kappa shape index (κ1) is 18.0. The zero-order valence-electron chi connectivity index (χ0n) is 17.4. The van der Waals surface area contributed by atoms with Crippen molar-refractivity contribution in [3.63, 3.8) is 0 Å². The molecule has 0 saturated carbocycles. The van der Waals surface area contributed by atoms with Crippen molar-refractivity contribution in [2.24, 2.45) is 13.0 Å². The highest BCUT2D eigenvalue weighted by atomic mass is 16.5. The van der Waals surface area contributed by atoms with E-state index in [4.69, 9.17) is 9.84 Å². The molecule has 2 aromatic heterocycles. The van der Waals surface area contributed by atoms with E-state index in [1.54, 1.807) is 0 Å². The Morgan fingerprint density at radius 3 is 3.03 bits per heavy atom. The minimum absolute atomic E-state index is 0.282. The molecule has 3 aliphatic heterocycles. The number of H-pyrrole nitrogens is 1. The van der Waals surface area contributed by atoms with Crippen molar-refractivity contribution >= 4 is 10.9 Å². The van der Waals surface area contributed by atoms with E-state index in [1.807, 2.05) is 24.1 Å². The van der Waals surface area contributed by atoms with E-state index in [0.717, 1.165) is 61.4 Å². The number of nitrogens with one attached hydrogen (secondary N) is 3. The fraction of sp³-hybridized carbons (Fsp3) is 0.455. The van der Waals surface area contributed by atoms with Crippen molar-refractivity contribution in [1.82, 2.24) is 35.5 Å². The average molecular weight is 406 g/mol. The van der Waals surface area contributed by atoms with Crippen LogP contribution in [0.1, 0.15) is 18.9 Å². The Morgan fingerprint density at radius 1 is 1.30 bits per heavy atom. The van der Waals surface area contributed by atoms with Crippen LogP contribution >= 0.6 is 0 Å². The van der Waals surface area contributed by atoms with Gasteiger partial charge in [0.15, 0.2) is 0 Å². The van der Waals surface area contributed by atoms with Gasteiger partial charge in [-0.3, -0.25) is 9.78 Å². The van der Waals surface area contributed by atoms with Crippen LogP contribution in [0.2, 0.25) is 0 Å². The van der Waals surface area contributed by atoms with Gasteiger partial charge in [-0.1, -0.05) is 6.07 Å². The van der Waals surface area contributed by atoms with Crippen LogP contribution in [0.15, 0.2) is 42.0 Å². The van der Waals surface area contributed by atoms with E-state index in [-0.39, 0.29) is 5.66 Å². The maximum absolute atomic E-state index is 5.88. The Morgan fingerprint density at radius 2 is 2.23 bits per heavy atom. The van der Waals surface area contributed by atoms with Gasteiger partial charge in [-0.15, -0.1) is 0 Å². The molecule has 0 radical (unpaired) electrons. The zero-order valence-corrected chi connectivity index (χ0v) is 17.4. The molecular weight excluding hydrogens is 378 g/mol. The van der Waals surface area contributed by atoms with Crippen molar-refractivity contribution in [3.8, 4) is 11.3 Å². The summed E-state index contributed by atoms with van der Waals surface area (Å²) in [5.41, 5.74) is 6.72. The molecule has 0 bridgehead atoms. The van der Waals surface area contributed by atoms with Crippen molar-refractivity contribution < 1.29 is 4.74 Å². The second kappa shape index (κ2) is 6.58. The fourth-order valence-corrected chi connectivity index (χ4v) is 5.52. The van der Waals surface area contributed by atoms with Crippen molar-refractivity contribution in [2.45, 2.75) is 19.0 Å². The van der Waals surface area contributed by atoms with Crippen LogP contribution in [0, 0.1) is 5.92 Å². The number of hydrogen-bond donors (Lipinski definition) is 3. The standard InChI is InChI=1S/C22H27N7O/c1-14-20-12-23-6-7-29(20)22(26-14,17-5-8-30-13-17)16-3-4-19-18(9-16)21(27-28(19)2)15-10-24-25-11-15/h3-4,9-11,17,23,26H,5-8,12-13H2,1-2H3,(H,24,25). The summed E-state index contributed by atoms with van der Waals surface area (Å²) in [6, 6.07) is 6.80. The molecule has 156 valence electrons. The van der Waals surface area contributed by atoms with E-state index in [2.05, 4.69) is 50.9 Å². The number of allylic oxidation sites excluding steroid dienone is 1. The summed E-state index contributed by atoms with van der Waals surface area (Å²) >= 11 is 0. The lowest BCUT2D eigenvalue weighted by molar-refractivity contribution is 0.0393. The van der Waals surface area contributed by atoms with Gasteiger partial charge in [0.2, 0.25) is 0 Å². The monoisotopic (exact) mass is 405 g/mol. The molecule has 2 atom stereocenters. The number of piperazine rings is 1. The Hall–Kier alpha value is -2.84. The number of fused-ring (bicyclic) bond motifs is 2. The van der Waals surface area contributed by atoms with Gasteiger partial charge in [0.25, 0.3) is 0 Å². The molecule has 3 N–H and O–H groups in total. The number of nitrogens with zero attached hydrogens (tertiary/aromatic N) is 4. The van der Waals surface area contributed by atoms with Crippen molar-refractivity contribution in [3.05, 3.63) is 47.6 Å². The van der Waals surface area contributed by atoms with Gasteiger partial charge in [-0.25, -0.2) is 0 Å². The zero-order chi connectivity index (χ0) is 20.3. The topological polar surface area (TPSA) is 83.0 Å². The fourth-order valence-electron chi connectivity index (χ4n) is 5.52. The van der Waals surface area contributed by atoms with Crippen LogP contribution in [0.3, 0.4) is 0 Å². The molecule has 30 heavy (non-hydrogen) atoms. The number of ether oxygens (including phenoxy) is 1. The molecule has 8 heteroatoms. The highest BCUT2D eigenvalue weighted by molar-refractivity contribution is 5.93. The average Bonchev–Trinajstić information content (AvgIpc) is 3.55. The van der Waals surface area contributed by atoms with Crippen LogP contribution in [0.25, 0.3) is 22.2 Å². The predicted octanol–water partition coefficient (Wildman–Crippen LogP) is 1.89. The molecule has 5 heterocycles. The normalized spacial score (nSPS) is 26.5. The Bertz CT molecular complexity index is 1130. The maximum atomic E-state index is 5.88. The number of aryl methyl sites for hydroxylation is 1. The van der Waals surface area contributed by atoms with E-state index < -0.39 is 0 Å². The number of benzene rings is 1. The molecule has 3 aliphatic rings. The van der Waals surface area contributed by atoms with Crippen LogP contribution in [0.5, 0.6) is 0 Å². The summed E-state index contributed by atoms with van der Waals surface area (Å²) in [7, 11) is 2.00. The third-order valence-electron chi connectivity index (χ3n) is 6.95. The smallest absolute Gasteiger partial charge is 0.142 e. The molecule has 2 saturated heterocycles. The highest BCUT2D eigenvalue weighted by Crippen LogP contribution is 2.46. The molecule has 3 aromatic rings. The van der Waals surface area contributed by atoms with E-state index in [1.165, 1.54) is 17.0 Å². The first-order valence-corrected chi connectivity index (χ1v) is 10.7. The van der Waals surface area contributed by atoms with E-state index in [0.29, 0.717) is 5.92 Å². The van der Waals surface area contributed by atoms with Crippen LogP contribution in [0.4, 0.5) is 0 Å². The number of aromatic amines is 1. The Balaban J connectivity index is 1.55. The second-order valence-corrected chi connectivity index (χ2v) is 8.54. The molecule has 2 unspecified atom stereocenters. The molecule has 0 spiro atoms. The van der Waals surface area contributed by atoms with Gasteiger partial charge < -0.3 is 20.3 Å². The minimum atomic E-state index is -0.282. The predicted molar refractivity (Wildman–Crippen MR) is 114 cm³/mol. The lowest BCUT2D eigenvalue weighted by Crippen LogP contribution is -2.58. The first-order chi connectivity index (χ1) is 14.7. The maximum Gasteiger partial charge on any atom is 0.142 e. The van der Waals surface area contributed by atoms with Gasteiger partial charge in [-0.05, 0) is 31.0 Å². The quantitative estimate of drug-likeness (QED) is 0.617. The molecule has 8 nitrogen and oxygen atoms in total. The van der Waals surface area contributed by atoms with Gasteiger partial charge in [0.05, 0.1) is 18.3 Å². The Labute approximate surface area is 175 Å². The summed E-state index contributed by atoms with van der Waals surface area (Å²) in [5, 5.41) is 20.5. The number of hydrogen-bond acceptors (Lipinski definition) is 6. The lowest BCUT2D eigenvalue weighted by Gasteiger charge is -2.47. The molecule has 0 aliphatic carbocycles. The Kier molecular flexibility index (Phi) is 3.94. The van der Waals surface area contributed by atoms with Gasteiger partial charge in [0, 0.05) is 67.7 Å². The first-order valence-electron chi connectivity index (χ1n) is 10.7. The molecular formula is C22H27N7O. The molecule has 0 amide bonds. The SMILES string of the molecule is CC1=C2CNCCN2C(c2ccc3c(c2)c(-c2cn[nH]c2)nn3C)(C2CCOC2)N1. The highest BCUT2D eigenvalue weighted by Gasteiger charge is 2.52. The van der Waals surface area contributed by atoms with Crippen molar-refractivity contribution in [2.75, 3.05) is 32.8 Å². The van der Waals surface area contributed by atoms with Crippen LogP contribution in [-0.2, 0) is 17.4 Å². The lowest BCUT2D eigenvalue weighted by atomic mass is 9.83. The van der Waals surface area contributed by atoms with Crippen molar-refractivity contribution in [1.29, 1.82) is 0 Å². The van der Waals surface area contributed by atoms with E-state index >= 15 is 0 Å². The summed E-state index contributed by atoms with van der Waals surface area (Å²) in [6.45, 7) is 6.68. The summed E-state index contributed by atoms with van der Waals surface area (Å²) in [5.74, 6) is 0.384. The van der Waals surface area contributed by atoms with Gasteiger partial charge in [0.1, 0.15) is 11.4 Å². The van der Waals surface area contributed by atoms with Gasteiger partial charge in [-0.2, -0.15) is 10.2 Å². The third-order valence-corrected chi connectivity index (χ3v) is 6.95. The van der Waals surface area contributed by atoms with Crippen LogP contribution in [-0.4, -0.2) is 57.7 Å². The summed E-state index contributed by atoms with van der Waals surface area (Å²) in [4.78, 5) is 2.59. The second-order valence-electron chi connectivity index (χ2n) is 8.54. The minimum Gasteiger partial charge on any atom is -0.381 e. The van der Waals surface area contributed by atoms with Crippen LogP contribution < -0.4 is 10.6 Å². The van der Waals surface area contributed by atoms with Gasteiger partial charge >= 0.3 is 0 Å². The third kappa shape index (κ3) is 2.40. The summed E-state index contributed by atoms with van der Waals surface area (Å²) in [6.07, 6.45) is 4.79. The largest absolute Gasteiger partial charge is 0.381 e. The summed E-state index contributed by atoms with van der Waals surface area (Å²) < 4.78 is 7.83.